The van der Waals surface area contributed by atoms with Crippen LogP contribution in [0.5, 0.6) is 0 Å². The third-order valence-electron chi connectivity index (χ3n) is 4.74. The molecule has 0 aromatic heterocycles. The van der Waals surface area contributed by atoms with Gasteiger partial charge in [0.15, 0.2) is 0 Å². The van der Waals surface area contributed by atoms with Crippen molar-refractivity contribution in [3.05, 3.63) is 34.1 Å². The monoisotopic (exact) mass is 340 g/mol. The van der Waals surface area contributed by atoms with Gasteiger partial charge in [0.2, 0.25) is 0 Å². The second kappa shape index (κ2) is 5.74. The van der Waals surface area contributed by atoms with Gasteiger partial charge in [-0.3, -0.25) is 4.90 Å². The molecule has 1 aliphatic heterocycles. The van der Waals surface area contributed by atoms with Crippen molar-refractivity contribution < 1.29 is 4.39 Å². The minimum absolute atomic E-state index is 0.101. The molecule has 1 heterocycles. The van der Waals surface area contributed by atoms with Gasteiger partial charge < -0.3 is 4.90 Å². The van der Waals surface area contributed by atoms with Crippen molar-refractivity contribution in [2.75, 3.05) is 27.2 Å². The molecule has 0 unspecified atom stereocenters. The first-order chi connectivity index (χ1) is 9.56. The molecule has 1 saturated heterocycles. The minimum Gasteiger partial charge on any atom is -0.305 e. The fourth-order valence-corrected chi connectivity index (χ4v) is 3.93. The van der Waals surface area contributed by atoms with Gasteiger partial charge in [-0.05, 0) is 50.9 Å². The summed E-state index contributed by atoms with van der Waals surface area (Å²) in [4.78, 5) is 4.76. The fourth-order valence-electron chi connectivity index (χ4n) is 3.46. The summed E-state index contributed by atoms with van der Waals surface area (Å²) < 4.78 is 14.8. The van der Waals surface area contributed by atoms with E-state index in [1.807, 2.05) is 6.07 Å². The van der Waals surface area contributed by atoms with E-state index in [-0.39, 0.29) is 5.82 Å². The smallest absolute Gasteiger partial charge is 0.128 e. The van der Waals surface area contributed by atoms with Crippen molar-refractivity contribution in [2.45, 2.75) is 25.4 Å². The van der Waals surface area contributed by atoms with Gasteiger partial charge in [0, 0.05) is 35.7 Å². The number of nitrogens with zero attached hydrogens (tertiary/aromatic N) is 2. The van der Waals surface area contributed by atoms with E-state index in [2.05, 4.69) is 39.8 Å². The highest BCUT2D eigenvalue weighted by atomic mass is 79.9. The summed E-state index contributed by atoms with van der Waals surface area (Å²) in [5.74, 6) is 1.56. The molecule has 2 fully saturated rings. The molecular weight excluding hydrogens is 319 g/mol. The highest BCUT2D eigenvalue weighted by Crippen LogP contribution is 2.43. The van der Waals surface area contributed by atoms with Gasteiger partial charge in [0.1, 0.15) is 5.82 Å². The molecule has 1 aromatic carbocycles. The number of benzene rings is 1. The Morgan fingerprint density at radius 1 is 1.30 bits per heavy atom. The molecule has 0 spiro atoms. The third kappa shape index (κ3) is 2.92. The highest BCUT2D eigenvalue weighted by Gasteiger charge is 2.43. The summed E-state index contributed by atoms with van der Waals surface area (Å²) in [5.41, 5.74) is 0.793. The Labute approximate surface area is 129 Å². The summed E-state index contributed by atoms with van der Waals surface area (Å²) in [6.45, 7) is 2.87. The van der Waals surface area contributed by atoms with E-state index in [1.165, 1.54) is 12.8 Å². The normalized spacial score (nSPS) is 27.4. The molecule has 0 amide bonds. The van der Waals surface area contributed by atoms with Crippen molar-refractivity contribution in [3.8, 4) is 0 Å². The van der Waals surface area contributed by atoms with Crippen molar-refractivity contribution in [1.82, 2.24) is 9.80 Å². The van der Waals surface area contributed by atoms with Gasteiger partial charge >= 0.3 is 0 Å². The lowest BCUT2D eigenvalue weighted by Crippen LogP contribution is -2.36. The van der Waals surface area contributed by atoms with E-state index in [4.69, 9.17) is 0 Å². The number of likely N-dealkylation sites (tertiary alicyclic amines) is 1. The first-order valence-electron chi connectivity index (χ1n) is 7.38. The van der Waals surface area contributed by atoms with Gasteiger partial charge in [0.05, 0.1) is 0 Å². The standard InChI is InChI=1S/C16H22BrFN2/c1-19(2)16-10-20(8-12(16)11-6-7-11)9-13-14(17)4-3-5-15(13)18/h3-5,11-12,16H,6-10H2,1-2H3/t12-,16+/m1/s1. The number of hydrogen-bond donors (Lipinski definition) is 0. The molecule has 2 nitrogen and oxygen atoms in total. The average molecular weight is 341 g/mol. The summed E-state index contributed by atoms with van der Waals surface area (Å²) in [7, 11) is 4.34. The zero-order chi connectivity index (χ0) is 14.3. The van der Waals surface area contributed by atoms with Crippen molar-refractivity contribution in [2.24, 2.45) is 11.8 Å². The Kier molecular flexibility index (Phi) is 4.16. The quantitative estimate of drug-likeness (QED) is 0.829. The Bertz CT molecular complexity index is 457. The highest BCUT2D eigenvalue weighted by molar-refractivity contribution is 9.10. The zero-order valence-corrected chi connectivity index (χ0v) is 13.7. The van der Waals surface area contributed by atoms with Crippen LogP contribution in [0.15, 0.2) is 22.7 Å². The summed E-state index contributed by atoms with van der Waals surface area (Å²) in [6.07, 6.45) is 2.76. The SMILES string of the molecule is CN(C)[C@H]1CN(Cc2c(F)cccc2Br)C[C@@H]1C1CC1. The largest absolute Gasteiger partial charge is 0.305 e. The van der Waals surface area contributed by atoms with Crippen LogP contribution in [0.3, 0.4) is 0 Å². The van der Waals surface area contributed by atoms with E-state index in [1.54, 1.807) is 12.1 Å². The second-order valence-corrected chi connectivity index (χ2v) is 7.28. The predicted octanol–water partition coefficient (Wildman–Crippen LogP) is 3.36. The molecule has 4 heteroatoms. The molecule has 0 radical (unpaired) electrons. The second-order valence-electron chi connectivity index (χ2n) is 6.43. The molecular formula is C16H22BrFN2. The van der Waals surface area contributed by atoms with Crippen LogP contribution in [0.2, 0.25) is 0 Å². The van der Waals surface area contributed by atoms with Crippen LogP contribution < -0.4 is 0 Å². The maximum Gasteiger partial charge on any atom is 0.128 e. The van der Waals surface area contributed by atoms with Gasteiger partial charge in [-0.15, -0.1) is 0 Å². The molecule has 0 bridgehead atoms. The average Bonchev–Trinajstić information content (AvgIpc) is 3.15. The van der Waals surface area contributed by atoms with Crippen molar-refractivity contribution >= 4 is 15.9 Å². The predicted molar refractivity (Wildman–Crippen MR) is 83.1 cm³/mol. The lowest BCUT2D eigenvalue weighted by molar-refractivity contribution is 0.233. The maximum atomic E-state index is 14.0. The van der Waals surface area contributed by atoms with Crippen LogP contribution in [0.4, 0.5) is 4.39 Å². The molecule has 110 valence electrons. The number of hydrogen-bond acceptors (Lipinski definition) is 2. The maximum absolute atomic E-state index is 14.0. The van der Waals surface area contributed by atoms with Gasteiger partial charge in [-0.25, -0.2) is 4.39 Å². The van der Waals surface area contributed by atoms with Gasteiger partial charge in [-0.1, -0.05) is 22.0 Å². The summed E-state index contributed by atoms with van der Waals surface area (Å²) in [5, 5.41) is 0. The lowest BCUT2D eigenvalue weighted by atomic mass is 9.97. The van der Waals surface area contributed by atoms with Crippen LogP contribution >= 0.6 is 15.9 Å². The van der Waals surface area contributed by atoms with Crippen LogP contribution in [-0.4, -0.2) is 43.0 Å². The van der Waals surface area contributed by atoms with Crippen LogP contribution in [0, 0.1) is 17.7 Å². The van der Waals surface area contributed by atoms with Crippen LogP contribution in [0.25, 0.3) is 0 Å². The Balaban J connectivity index is 1.72. The number of halogens is 2. The third-order valence-corrected chi connectivity index (χ3v) is 5.49. The summed E-state index contributed by atoms with van der Waals surface area (Å²) >= 11 is 3.48. The van der Waals surface area contributed by atoms with Gasteiger partial charge in [0.25, 0.3) is 0 Å². The fraction of sp³-hybridized carbons (Fsp3) is 0.625. The number of likely N-dealkylation sites (N-methyl/N-ethyl adjacent to an activating group) is 1. The van der Waals surface area contributed by atoms with Gasteiger partial charge in [-0.2, -0.15) is 0 Å². The molecule has 2 aliphatic rings. The Hall–Kier alpha value is -0.450. The lowest BCUT2D eigenvalue weighted by Gasteiger charge is -2.25. The molecule has 1 aromatic rings. The molecule has 1 aliphatic carbocycles. The van der Waals surface area contributed by atoms with E-state index in [9.17, 15) is 4.39 Å². The van der Waals surface area contributed by atoms with Crippen LogP contribution in [-0.2, 0) is 6.54 Å². The first kappa shape index (κ1) is 14.5. The Morgan fingerprint density at radius 2 is 2.05 bits per heavy atom. The van der Waals surface area contributed by atoms with E-state index < -0.39 is 0 Å². The molecule has 2 atom stereocenters. The molecule has 3 rings (SSSR count). The van der Waals surface area contributed by atoms with E-state index >= 15 is 0 Å². The first-order valence-corrected chi connectivity index (χ1v) is 8.17. The van der Waals surface area contributed by atoms with Crippen molar-refractivity contribution in [1.29, 1.82) is 0 Å². The topological polar surface area (TPSA) is 6.48 Å². The molecule has 20 heavy (non-hydrogen) atoms. The summed E-state index contributed by atoms with van der Waals surface area (Å²) in [6, 6.07) is 5.85. The van der Waals surface area contributed by atoms with E-state index in [0.717, 1.165) is 35.0 Å². The minimum atomic E-state index is -0.101. The Morgan fingerprint density at radius 3 is 2.65 bits per heavy atom. The molecule has 1 saturated carbocycles. The van der Waals surface area contributed by atoms with E-state index in [0.29, 0.717) is 12.6 Å². The van der Waals surface area contributed by atoms with Crippen LogP contribution in [0.1, 0.15) is 18.4 Å². The van der Waals surface area contributed by atoms with Crippen molar-refractivity contribution in [3.63, 3.8) is 0 Å². The zero-order valence-electron chi connectivity index (χ0n) is 12.1. The molecule has 0 N–H and O–H groups in total. The number of rotatable bonds is 4.